The second kappa shape index (κ2) is 5.93. The zero-order chi connectivity index (χ0) is 13.9. The molecule has 3 heteroatoms. The number of benzene rings is 1. The smallest absolute Gasteiger partial charge is 0.127 e. The van der Waals surface area contributed by atoms with E-state index in [2.05, 4.69) is 44.3 Å². The predicted molar refractivity (Wildman–Crippen MR) is 77.8 cm³/mol. The number of ether oxygens (including phenoxy) is 2. The minimum absolute atomic E-state index is 0.145. The summed E-state index contributed by atoms with van der Waals surface area (Å²) in [7, 11) is 1.77. The Morgan fingerprint density at radius 3 is 2.89 bits per heavy atom. The number of rotatable bonds is 6. The van der Waals surface area contributed by atoms with E-state index in [0.717, 1.165) is 31.7 Å². The van der Waals surface area contributed by atoms with E-state index in [4.69, 9.17) is 9.47 Å². The summed E-state index contributed by atoms with van der Waals surface area (Å²) in [5, 5.41) is 3.56. The summed E-state index contributed by atoms with van der Waals surface area (Å²) in [6, 6.07) is 6.74. The maximum absolute atomic E-state index is 5.82. The number of para-hydroxylation sites is 1. The average Bonchev–Trinajstić information content (AvgIpc) is 2.86. The summed E-state index contributed by atoms with van der Waals surface area (Å²) < 4.78 is 11.4. The van der Waals surface area contributed by atoms with E-state index in [9.17, 15) is 0 Å². The number of hydrogen-bond donors (Lipinski definition) is 1. The van der Waals surface area contributed by atoms with Crippen molar-refractivity contribution in [1.29, 1.82) is 0 Å². The van der Waals surface area contributed by atoms with Gasteiger partial charge >= 0.3 is 0 Å². The second-order valence-corrected chi connectivity index (χ2v) is 5.71. The maximum atomic E-state index is 5.82. The highest BCUT2D eigenvalue weighted by Gasteiger charge is 2.27. The molecule has 19 heavy (non-hydrogen) atoms. The summed E-state index contributed by atoms with van der Waals surface area (Å²) in [6.45, 7) is 8.13. The topological polar surface area (TPSA) is 30.5 Å². The largest absolute Gasteiger partial charge is 0.493 e. The summed E-state index contributed by atoms with van der Waals surface area (Å²) in [5.41, 5.74) is 2.45. The van der Waals surface area contributed by atoms with Gasteiger partial charge in [-0.1, -0.05) is 25.1 Å². The molecule has 1 aliphatic heterocycles. The Bertz CT molecular complexity index is 429. The van der Waals surface area contributed by atoms with Crippen molar-refractivity contribution in [3.8, 4) is 5.75 Å². The first-order chi connectivity index (χ1) is 9.07. The number of nitrogens with one attached hydrogen (secondary N) is 1. The Kier molecular flexibility index (Phi) is 4.48. The lowest BCUT2D eigenvalue weighted by atomic mass is 9.92. The van der Waals surface area contributed by atoms with E-state index >= 15 is 0 Å². The van der Waals surface area contributed by atoms with Gasteiger partial charge < -0.3 is 14.8 Å². The van der Waals surface area contributed by atoms with Crippen molar-refractivity contribution in [2.24, 2.45) is 0 Å². The van der Waals surface area contributed by atoms with Gasteiger partial charge in [-0.05, 0) is 32.4 Å². The van der Waals surface area contributed by atoms with Gasteiger partial charge in [0, 0.05) is 25.1 Å². The van der Waals surface area contributed by atoms with Crippen molar-refractivity contribution >= 4 is 0 Å². The molecule has 2 rings (SSSR count). The minimum Gasteiger partial charge on any atom is -0.493 e. The number of methoxy groups -OCH3 is 1. The Hall–Kier alpha value is -1.06. The van der Waals surface area contributed by atoms with Crippen LogP contribution in [0.15, 0.2) is 18.2 Å². The van der Waals surface area contributed by atoms with Gasteiger partial charge in [-0.15, -0.1) is 0 Å². The fraction of sp³-hybridized carbons (Fsp3) is 0.625. The van der Waals surface area contributed by atoms with Crippen LogP contribution >= 0.6 is 0 Å². The van der Waals surface area contributed by atoms with Gasteiger partial charge in [0.1, 0.15) is 5.75 Å². The highest BCUT2D eigenvalue weighted by atomic mass is 16.5. The van der Waals surface area contributed by atoms with Crippen molar-refractivity contribution in [3.63, 3.8) is 0 Å². The van der Waals surface area contributed by atoms with Gasteiger partial charge in [-0.2, -0.15) is 0 Å². The van der Waals surface area contributed by atoms with E-state index in [0.29, 0.717) is 0 Å². The molecule has 1 aromatic carbocycles. The van der Waals surface area contributed by atoms with Gasteiger partial charge in [0.2, 0.25) is 0 Å². The fourth-order valence-electron chi connectivity index (χ4n) is 2.63. The first-order valence-corrected chi connectivity index (χ1v) is 7.10. The molecule has 0 saturated heterocycles. The third kappa shape index (κ3) is 3.28. The van der Waals surface area contributed by atoms with Gasteiger partial charge in [-0.25, -0.2) is 0 Å². The summed E-state index contributed by atoms with van der Waals surface area (Å²) in [5.74, 6) is 1.08. The molecule has 1 N–H and O–H groups in total. The van der Waals surface area contributed by atoms with E-state index in [1.807, 2.05) is 0 Å². The molecule has 0 saturated carbocycles. The van der Waals surface area contributed by atoms with Crippen LogP contribution in [-0.2, 0) is 11.2 Å². The molecule has 1 unspecified atom stereocenters. The highest BCUT2D eigenvalue weighted by Crippen LogP contribution is 2.36. The fourth-order valence-corrected chi connectivity index (χ4v) is 2.63. The molecule has 1 aliphatic rings. The Labute approximate surface area is 116 Å². The highest BCUT2D eigenvalue weighted by molar-refractivity contribution is 5.45. The summed E-state index contributed by atoms with van der Waals surface area (Å²) >= 11 is 0. The van der Waals surface area contributed by atoms with Crippen molar-refractivity contribution in [1.82, 2.24) is 5.32 Å². The van der Waals surface area contributed by atoms with Crippen LogP contribution in [0.4, 0.5) is 0 Å². The molecule has 0 fully saturated rings. The lowest BCUT2D eigenvalue weighted by molar-refractivity contribution is 0.00681. The molecular weight excluding hydrogens is 238 g/mol. The lowest BCUT2D eigenvalue weighted by Gasteiger charge is -2.30. The maximum Gasteiger partial charge on any atom is 0.127 e. The first kappa shape index (κ1) is 14.4. The van der Waals surface area contributed by atoms with Crippen LogP contribution < -0.4 is 10.1 Å². The predicted octanol–water partition coefficient (Wildman–Crippen LogP) is 3.09. The van der Waals surface area contributed by atoms with Crippen LogP contribution in [0.5, 0.6) is 5.75 Å². The molecule has 0 bridgehead atoms. The van der Waals surface area contributed by atoms with E-state index in [1.165, 1.54) is 11.1 Å². The van der Waals surface area contributed by atoms with Crippen LogP contribution in [0, 0.1) is 0 Å². The number of hydrogen-bond acceptors (Lipinski definition) is 3. The zero-order valence-electron chi connectivity index (χ0n) is 12.5. The molecule has 0 aliphatic carbocycles. The molecule has 0 aromatic heterocycles. The van der Waals surface area contributed by atoms with Crippen molar-refractivity contribution in [3.05, 3.63) is 29.3 Å². The first-order valence-electron chi connectivity index (χ1n) is 7.10. The molecular formula is C16H25NO2. The Morgan fingerprint density at radius 2 is 2.21 bits per heavy atom. The summed E-state index contributed by atoms with van der Waals surface area (Å²) in [6.07, 6.45) is 1.95. The third-order valence-corrected chi connectivity index (χ3v) is 3.82. The molecule has 1 atom stereocenters. The zero-order valence-corrected chi connectivity index (χ0v) is 12.5. The van der Waals surface area contributed by atoms with Crippen LogP contribution in [0.25, 0.3) is 0 Å². The van der Waals surface area contributed by atoms with Crippen LogP contribution in [-0.4, -0.2) is 25.9 Å². The van der Waals surface area contributed by atoms with Crippen LogP contribution in [0.1, 0.15) is 44.4 Å². The Balaban J connectivity index is 2.27. The van der Waals surface area contributed by atoms with Crippen molar-refractivity contribution < 1.29 is 9.47 Å². The average molecular weight is 263 g/mol. The molecule has 0 amide bonds. The normalized spacial score (nSPS) is 16.0. The van der Waals surface area contributed by atoms with Gasteiger partial charge in [-0.3, -0.25) is 0 Å². The standard InChI is InChI=1S/C16H25NO2/c1-5-17-14(11-16(2,3)18-4)13-8-6-7-12-9-10-19-15(12)13/h6-8,14,17H,5,9-11H2,1-4H3. The quantitative estimate of drug-likeness (QED) is 0.855. The third-order valence-electron chi connectivity index (χ3n) is 3.82. The van der Waals surface area contributed by atoms with Crippen molar-refractivity contribution in [2.75, 3.05) is 20.3 Å². The van der Waals surface area contributed by atoms with Crippen LogP contribution in [0.2, 0.25) is 0 Å². The van der Waals surface area contributed by atoms with Gasteiger partial charge in [0.25, 0.3) is 0 Å². The molecule has 0 radical (unpaired) electrons. The molecule has 3 nitrogen and oxygen atoms in total. The van der Waals surface area contributed by atoms with Gasteiger partial charge in [0.05, 0.1) is 12.2 Å². The number of fused-ring (bicyclic) bond motifs is 1. The molecule has 0 spiro atoms. The van der Waals surface area contributed by atoms with Gasteiger partial charge in [0.15, 0.2) is 0 Å². The second-order valence-electron chi connectivity index (χ2n) is 5.71. The molecule has 1 heterocycles. The SMILES string of the molecule is CCNC(CC(C)(C)OC)c1cccc2c1OCC2. The van der Waals surface area contributed by atoms with Crippen molar-refractivity contribution in [2.45, 2.75) is 45.3 Å². The molecule has 1 aromatic rings. The van der Waals surface area contributed by atoms with E-state index in [1.54, 1.807) is 7.11 Å². The Morgan fingerprint density at radius 1 is 1.42 bits per heavy atom. The van der Waals surface area contributed by atoms with Crippen LogP contribution in [0.3, 0.4) is 0 Å². The molecule has 106 valence electrons. The lowest BCUT2D eigenvalue weighted by Crippen LogP contribution is -2.32. The monoisotopic (exact) mass is 263 g/mol. The van der Waals surface area contributed by atoms with E-state index in [-0.39, 0.29) is 11.6 Å². The van der Waals surface area contributed by atoms with E-state index < -0.39 is 0 Å². The summed E-state index contributed by atoms with van der Waals surface area (Å²) in [4.78, 5) is 0. The minimum atomic E-state index is -0.145.